The van der Waals surface area contributed by atoms with Crippen molar-refractivity contribution in [3.8, 4) is 0 Å². The summed E-state index contributed by atoms with van der Waals surface area (Å²) in [7, 11) is -3.75. The summed E-state index contributed by atoms with van der Waals surface area (Å²) in [4.78, 5) is 12.8. The number of rotatable bonds is 6. The number of benzene rings is 3. The van der Waals surface area contributed by atoms with E-state index in [2.05, 4.69) is 10.0 Å². The van der Waals surface area contributed by atoms with Crippen LogP contribution in [0.15, 0.2) is 71.6 Å². The number of hydrogen-bond donors (Lipinski definition) is 2. The van der Waals surface area contributed by atoms with Gasteiger partial charge in [0.2, 0.25) is 0 Å². The maximum atomic E-state index is 12.7. The van der Waals surface area contributed by atoms with Gasteiger partial charge in [0, 0.05) is 10.6 Å². The molecule has 0 aliphatic heterocycles. The lowest BCUT2D eigenvalue weighted by Gasteiger charge is -2.17. The molecule has 3 aromatic carbocycles. The van der Waals surface area contributed by atoms with Gasteiger partial charge in [0.15, 0.2) is 0 Å². The number of sulfonamides is 1. The molecular weight excluding hydrogens is 420 g/mol. The van der Waals surface area contributed by atoms with Crippen LogP contribution in [0.25, 0.3) is 0 Å². The van der Waals surface area contributed by atoms with Crippen molar-refractivity contribution in [1.29, 1.82) is 0 Å². The molecule has 3 aromatic rings. The van der Waals surface area contributed by atoms with Crippen LogP contribution in [0.3, 0.4) is 0 Å². The molecule has 0 fully saturated rings. The SMILES string of the molecule is Cc1cc(C(=O)N[C@@H](C)c2ccccc2C)ccc1NS(=O)(=O)c1ccc(Cl)cc1. The smallest absolute Gasteiger partial charge is 0.261 e. The molecule has 30 heavy (non-hydrogen) atoms. The standard InChI is InChI=1S/C23H23ClN2O3S/c1-15-6-4-5-7-21(15)17(3)25-23(27)18-8-13-22(16(2)14-18)26-30(28,29)20-11-9-19(24)10-12-20/h4-14,17,26H,1-3H3,(H,25,27)/t17-/m0/s1. The average Bonchev–Trinajstić information content (AvgIpc) is 2.70. The number of anilines is 1. The van der Waals surface area contributed by atoms with E-state index in [0.29, 0.717) is 21.8 Å². The zero-order chi connectivity index (χ0) is 21.9. The summed E-state index contributed by atoms with van der Waals surface area (Å²) >= 11 is 5.82. The Hall–Kier alpha value is -2.83. The van der Waals surface area contributed by atoms with Gasteiger partial charge in [-0.15, -0.1) is 0 Å². The van der Waals surface area contributed by atoms with Gasteiger partial charge in [0.05, 0.1) is 16.6 Å². The second-order valence-electron chi connectivity index (χ2n) is 7.14. The minimum Gasteiger partial charge on any atom is -0.346 e. The number of hydrogen-bond acceptors (Lipinski definition) is 3. The Morgan fingerprint density at radius 3 is 2.23 bits per heavy atom. The van der Waals surface area contributed by atoms with Crippen LogP contribution in [0.2, 0.25) is 5.02 Å². The molecule has 7 heteroatoms. The third kappa shape index (κ3) is 5.01. The molecule has 0 heterocycles. The molecule has 0 saturated carbocycles. The van der Waals surface area contributed by atoms with Gasteiger partial charge in [0.1, 0.15) is 0 Å². The molecule has 2 N–H and O–H groups in total. The molecule has 0 radical (unpaired) electrons. The first-order valence-electron chi connectivity index (χ1n) is 9.43. The molecule has 0 bridgehead atoms. The predicted molar refractivity (Wildman–Crippen MR) is 120 cm³/mol. The van der Waals surface area contributed by atoms with E-state index in [1.807, 2.05) is 38.1 Å². The summed E-state index contributed by atoms with van der Waals surface area (Å²) in [5.74, 6) is -0.221. The van der Waals surface area contributed by atoms with Crippen LogP contribution < -0.4 is 10.0 Å². The van der Waals surface area contributed by atoms with Crippen LogP contribution >= 0.6 is 11.6 Å². The molecule has 0 unspecified atom stereocenters. The Bertz CT molecular complexity index is 1180. The first kappa shape index (κ1) is 21.9. The molecule has 1 atom stereocenters. The zero-order valence-corrected chi connectivity index (χ0v) is 18.5. The molecule has 0 aliphatic rings. The summed E-state index contributed by atoms with van der Waals surface area (Å²) < 4.78 is 27.7. The average molecular weight is 443 g/mol. The van der Waals surface area contributed by atoms with Gasteiger partial charge >= 0.3 is 0 Å². The molecule has 5 nitrogen and oxygen atoms in total. The minimum atomic E-state index is -3.75. The van der Waals surface area contributed by atoms with Gasteiger partial charge in [-0.05, 0) is 79.9 Å². The fraction of sp³-hybridized carbons (Fsp3) is 0.174. The Morgan fingerprint density at radius 1 is 0.933 bits per heavy atom. The lowest BCUT2D eigenvalue weighted by Crippen LogP contribution is -2.27. The number of carbonyl (C=O) groups excluding carboxylic acids is 1. The molecule has 0 aromatic heterocycles. The summed E-state index contributed by atoms with van der Waals surface area (Å²) in [6.45, 7) is 5.69. The van der Waals surface area contributed by atoms with E-state index in [4.69, 9.17) is 11.6 Å². The van der Waals surface area contributed by atoms with Crippen molar-refractivity contribution in [2.75, 3.05) is 4.72 Å². The lowest BCUT2D eigenvalue weighted by molar-refractivity contribution is 0.0939. The third-order valence-corrected chi connectivity index (χ3v) is 6.49. The molecule has 0 spiro atoms. The maximum absolute atomic E-state index is 12.7. The first-order valence-corrected chi connectivity index (χ1v) is 11.3. The third-order valence-electron chi connectivity index (χ3n) is 4.86. The fourth-order valence-corrected chi connectivity index (χ4v) is 4.42. The van der Waals surface area contributed by atoms with E-state index in [1.165, 1.54) is 24.3 Å². The van der Waals surface area contributed by atoms with Crippen molar-refractivity contribution in [1.82, 2.24) is 5.32 Å². The number of amides is 1. The van der Waals surface area contributed by atoms with Crippen LogP contribution in [0.1, 0.15) is 40.0 Å². The van der Waals surface area contributed by atoms with Crippen LogP contribution in [-0.2, 0) is 10.0 Å². The molecular formula is C23H23ClN2O3S. The molecule has 0 aliphatic carbocycles. The largest absolute Gasteiger partial charge is 0.346 e. The van der Waals surface area contributed by atoms with Crippen molar-refractivity contribution in [2.24, 2.45) is 0 Å². The highest BCUT2D eigenvalue weighted by Crippen LogP contribution is 2.23. The van der Waals surface area contributed by atoms with E-state index in [9.17, 15) is 13.2 Å². The molecule has 156 valence electrons. The number of carbonyl (C=O) groups is 1. The van der Waals surface area contributed by atoms with Crippen molar-refractivity contribution in [3.05, 3.63) is 94.0 Å². The van der Waals surface area contributed by atoms with Crippen molar-refractivity contribution < 1.29 is 13.2 Å². The highest BCUT2D eigenvalue weighted by atomic mass is 35.5. The Morgan fingerprint density at radius 2 is 1.60 bits per heavy atom. The monoisotopic (exact) mass is 442 g/mol. The van der Waals surface area contributed by atoms with Crippen molar-refractivity contribution in [3.63, 3.8) is 0 Å². The van der Waals surface area contributed by atoms with Crippen LogP contribution in [0.5, 0.6) is 0 Å². The van der Waals surface area contributed by atoms with Crippen LogP contribution in [0, 0.1) is 13.8 Å². The van der Waals surface area contributed by atoms with Gasteiger partial charge in [-0.2, -0.15) is 0 Å². The van der Waals surface area contributed by atoms with Crippen LogP contribution in [-0.4, -0.2) is 14.3 Å². The van der Waals surface area contributed by atoms with Gasteiger partial charge in [-0.25, -0.2) is 8.42 Å². The second kappa shape index (κ2) is 8.90. The molecule has 1 amide bonds. The lowest BCUT2D eigenvalue weighted by atomic mass is 10.0. The Balaban J connectivity index is 1.75. The van der Waals surface area contributed by atoms with Crippen molar-refractivity contribution in [2.45, 2.75) is 31.7 Å². The molecule has 3 rings (SSSR count). The quantitative estimate of drug-likeness (QED) is 0.547. The number of aryl methyl sites for hydroxylation is 2. The van der Waals surface area contributed by atoms with Crippen molar-refractivity contribution >= 4 is 33.2 Å². The summed E-state index contributed by atoms with van der Waals surface area (Å²) in [5.41, 5.74) is 3.67. The summed E-state index contributed by atoms with van der Waals surface area (Å²) in [5, 5.41) is 3.45. The van der Waals surface area contributed by atoms with E-state index < -0.39 is 10.0 Å². The minimum absolute atomic E-state index is 0.111. The van der Waals surface area contributed by atoms with Gasteiger partial charge in [-0.3, -0.25) is 9.52 Å². The molecule has 0 saturated heterocycles. The highest BCUT2D eigenvalue weighted by Gasteiger charge is 2.17. The van der Waals surface area contributed by atoms with E-state index in [0.717, 1.165) is 11.1 Å². The highest BCUT2D eigenvalue weighted by molar-refractivity contribution is 7.92. The van der Waals surface area contributed by atoms with Crippen LogP contribution in [0.4, 0.5) is 5.69 Å². The fourth-order valence-electron chi connectivity index (χ4n) is 3.17. The normalized spacial score (nSPS) is 12.3. The topological polar surface area (TPSA) is 75.3 Å². The summed E-state index contributed by atoms with van der Waals surface area (Å²) in [6, 6.07) is 18.5. The van der Waals surface area contributed by atoms with Gasteiger partial charge in [-0.1, -0.05) is 35.9 Å². The van der Waals surface area contributed by atoms with Gasteiger partial charge in [0.25, 0.3) is 15.9 Å². The number of nitrogens with one attached hydrogen (secondary N) is 2. The van der Waals surface area contributed by atoms with E-state index in [-0.39, 0.29) is 16.8 Å². The number of halogens is 1. The van der Waals surface area contributed by atoms with E-state index in [1.54, 1.807) is 25.1 Å². The van der Waals surface area contributed by atoms with Gasteiger partial charge < -0.3 is 5.32 Å². The maximum Gasteiger partial charge on any atom is 0.261 e. The summed E-state index contributed by atoms with van der Waals surface area (Å²) in [6.07, 6.45) is 0. The zero-order valence-electron chi connectivity index (χ0n) is 16.9. The van der Waals surface area contributed by atoms with E-state index >= 15 is 0 Å². The Kier molecular flexibility index (Phi) is 6.48. The second-order valence-corrected chi connectivity index (χ2v) is 9.26. The Labute approximate surface area is 182 Å². The first-order chi connectivity index (χ1) is 14.2. The predicted octanol–water partition coefficient (Wildman–Crippen LogP) is 5.25.